The fraction of sp³-hybridized carbons (Fsp3) is 0.375. The normalized spacial score (nSPS) is 23.8. The number of likely N-dealkylation sites (tertiary alicyclic amines) is 1. The van der Waals surface area contributed by atoms with E-state index >= 15 is 0 Å². The number of barbiturate groups is 1. The van der Waals surface area contributed by atoms with Crippen LogP contribution in [0.5, 0.6) is 11.5 Å². The van der Waals surface area contributed by atoms with Crippen molar-refractivity contribution in [3.05, 3.63) is 88.3 Å². The molecule has 42 heavy (non-hydrogen) atoms. The molecule has 3 aliphatic rings. The SMILES string of the molecule is CCOc1ccc(N2C(=O)NC(=O)[C@@](Cc3ccc(OC)cc3)(CN3C[C@@H]4C[C@@H](C3)c3cccc(=O)n3C4)C2=O)cc1. The molecule has 2 saturated heterocycles. The van der Waals surface area contributed by atoms with Crippen molar-refractivity contribution in [2.24, 2.45) is 11.3 Å². The molecule has 4 amide bonds. The molecule has 0 aliphatic carbocycles. The number of nitrogens with one attached hydrogen (secondary N) is 1. The van der Waals surface area contributed by atoms with Crippen molar-refractivity contribution in [3.8, 4) is 11.5 Å². The number of piperidine rings is 1. The molecule has 10 nitrogen and oxygen atoms in total. The topological polar surface area (TPSA) is 110 Å². The Morgan fingerprint density at radius 2 is 1.64 bits per heavy atom. The van der Waals surface area contributed by atoms with Crippen LogP contribution in [0.4, 0.5) is 10.5 Å². The minimum Gasteiger partial charge on any atom is -0.497 e. The van der Waals surface area contributed by atoms with Crippen LogP contribution in [0.25, 0.3) is 0 Å². The number of nitrogens with zero attached hydrogens (tertiary/aromatic N) is 3. The van der Waals surface area contributed by atoms with Gasteiger partial charge in [0.05, 0.1) is 19.4 Å². The van der Waals surface area contributed by atoms with Crippen molar-refractivity contribution in [1.29, 1.82) is 0 Å². The van der Waals surface area contributed by atoms with Crippen molar-refractivity contribution in [1.82, 2.24) is 14.8 Å². The summed E-state index contributed by atoms with van der Waals surface area (Å²) in [5.41, 5.74) is 0.547. The first-order chi connectivity index (χ1) is 20.3. The predicted molar refractivity (Wildman–Crippen MR) is 156 cm³/mol. The third-order valence-corrected chi connectivity index (χ3v) is 8.59. The number of urea groups is 1. The van der Waals surface area contributed by atoms with Gasteiger partial charge in [-0.15, -0.1) is 0 Å². The Balaban J connectivity index is 1.36. The van der Waals surface area contributed by atoms with E-state index in [0.717, 1.165) is 22.6 Å². The van der Waals surface area contributed by atoms with Gasteiger partial charge in [-0.25, -0.2) is 9.69 Å². The van der Waals surface area contributed by atoms with E-state index in [9.17, 15) is 19.2 Å². The summed E-state index contributed by atoms with van der Waals surface area (Å²) in [4.78, 5) is 57.2. The Kier molecular flexibility index (Phi) is 7.32. The molecule has 0 saturated carbocycles. The van der Waals surface area contributed by atoms with Gasteiger partial charge in [0.2, 0.25) is 5.91 Å². The van der Waals surface area contributed by atoms with Gasteiger partial charge in [-0.2, -0.15) is 0 Å². The van der Waals surface area contributed by atoms with E-state index in [2.05, 4.69) is 10.2 Å². The van der Waals surface area contributed by atoms with Crippen LogP contribution < -0.4 is 25.2 Å². The summed E-state index contributed by atoms with van der Waals surface area (Å²) in [7, 11) is 1.58. The van der Waals surface area contributed by atoms with Crippen molar-refractivity contribution in [3.63, 3.8) is 0 Å². The summed E-state index contributed by atoms with van der Waals surface area (Å²) in [6.45, 7) is 4.33. The quantitative estimate of drug-likeness (QED) is 0.414. The zero-order chi connectivity index (χ0) is 29.4. The van der Waals surface area contributed by atoms with Gasteiger partial charge in [0.25, 0.3) is 11.5 Å². The molecule has 6 rings (SSSR count). The second kappa shape index (κ2) is 11.1. The Morgan fingerprint density at radius 3 is 2.36 bits per heavy atom. The number of hydrogen-bond acceptors (Lipinski definition) is 7. The van der Waals surface area contributed by atoms with E-state index in [1.165, 1.54) is 0 Å². The number of amides is 4. The van der Waals surface area contributed by atoms with Gasteiger partial charge in [0, 0.05) is 43.9 Å². The van der Waals surface area contributed by atoms with Crippen LogP contribution >= 0.6 is 0 Å². The third kappa shape index (κ3) is 4.96. The van der Waals surface area contributed by atoms with Crippen LogP contribution in [0.15, 0.2) is 71.5 Å². The fourth-order valence-corrected chi connectivity index (χ4v) is 6.72. The molecule has 10 heteroatoms. The molecule has 2 aromatic carbocycles. The van der Waals surface area contributed by atoms with E-state index in [1.807, 2.05) is 29.7 Å². The summed E-state index contributed by atoms with van der Waals surface area (Å²) in [5.74, 6) is 0.420. The molecule has 1 N–H and O–H groups in total. The largest absolute Gasteiger partial charge is 0.497 e. The number of aromatic nitrogens is 1. The first-order valence-corrected chi connectivity index (χ1v) is 14.3. The van der Waals surface area contributed by atoms with Gasteiger partial charge >= 0.3 is 6.03 Å². The number of hydrogen-bond donors (Lipinski definition) is 1. The molecule has 1 aromatic heterocycles. The number of carbonyl (C=O) groups excluding carboxylic acids is 3. The molecule has 3 aromatic rings. The summed E-state index contributed by atoms with van der Waals surface area (Å²) in [5, 5.41) is 2.49. The lowest BCUT2D eigenvalue weighted by Gasteiger charge is -2.47. The summed E-state index contributed by atoms with van der Waals surface area (Å²) >= 11 is 0. The highest BCUT2D eigenvalue weighted by atomic mass is 16.5. The first kappa shape index (κ1) is 27.7. The molecule has 0 unspecified atom stereocenters. The molecule has 3 atom stereocenters. The summed E-state index contributed by atoms with van der Waals surface area (Å²) < 4.78 is 12.7. The predicted octanol–water partition coefficient (Wildman–Crippen LogP) is 3.19. The third-order valence-electron chi connectivity index (χ3n) is 8.59. The maximum absolute atomic E-state index is 14.5. The lowest BCUT2D eigenvalue weighted by molar-refractivity contribution is -0.144. The highest BCUT2D eigenvalue weighted by molar-refractivity contribution is 6.30. The Morgan fingerprint density at radius 1 is 0.905 bits per heavy atom. The van der Waals surface area contributed by atoms with E-state index in [1.54, 1.807) is 55.6 Å². The van der Waals surface area contributed by atoms with Gasteiger partial charge in [0.15, 0.2) is 0 Å². The highest BCUT2D eigenvalue weighted by Gasteiger charge is 2.55. The zero-order valence-corrected chi connectivity index (χ0v) is 23.7. The van der Waals surface area contributed by atoms with Gasteiger partial charge < -0.3 is 18.9 Å². The van der Waals surface area contributed by atoms with Gasteiger partial charge in [-0.1, -0.05) is 18.2 Å². The lowest BCUT2D eigenvalue weighted by atomic mass is 9.75. The molecule has 0 spiro atoms. The summed E-state index contributed by atoms with van der Waals surface area (Å²) in [6, 6.07) is 18.6. The number of anilines is 1. The molecule has 2 fully saturated rings. The standard InChI is InChI=1S/C32H34N4O6/c1-3-42-26-13-9-24(10-14-26)36-30(39)32(29(38)33-31(36)40,16-21-7-11-25(41-2)12-8-21)20-34-17-22-15-23(19-34)27-5-4-6-28(37)35(27)18-22/h4-14,22-23H,3,15-20H2,1-2H3,(H,33,38,40)/t22-,23-,32+/m0/s1. The van der Waals surface area contributed by atoms with Gasteiger partial charge in [-0.3, -0.25) is 19.7 Å². The van der Waals surface area contributed by atoms with E-state index < -0.39 is 23.3 Å². The van der Waals surface area contributed by atoms with Crippen molar-refractivity contribution in [2.45, 2.75) is 32.2 Å². The van der Waals surface area contributed by atoms with Crippen LogP contribution in [0.3, 0.4) is 0 Å². The van der Waals surface area contributed by atoms with Crippen LogP contribution in [-0.2, 0) is 22.6 Å². The number of pyridine rings is 1. The smallest absolute Gasteiger partial charge is 0.335 e. The second-order valence-corrected chi connectivity index (χ2v) is 11.3. The Bertz CT molecular complexity index is 1570. The van der Waals surface area contributed by atoms with Crippen molar-refractivity contribution in [2.75, 3.05) is 38.3 Å². The fourth-order valence-electron chi connectivity index (χ4n) is 6.72. The zero-order valence-electron chi connectivity index (χ0n) is 23.7. The second-order valence-electron chi connectivity index (χ2n) is 11.3. The minimum absolute atomic E-state index is 0.00188. The van der Waals surface area contributed by atoms with E-state index in [0.29, 0.717) is 43.4 Å². The first-order valence-electron chi connectivity index (χ1n) is 14.3. The van der Waals surface area contributed by atoms with Crippen LogP contribution in [0.1, 0.15) is 30.5 Å². The molecular formula is C32H34N4O6. The molecule has 2 bridgehead atoms. The van der Waals surface area contributed by atoms with Gasteiger partial charge in [-0.05, 0) is 73.7 Å². The molecule has 0 radical (unpaired) electrons. The molecule has 4 heterocycles. The van der Waals surface area contributed by atoms with Crippen LogP contribution in [0.2, 0.25) is 0 Å². The Hall–Kier alpha value is -4.44. The van der Waals surface area contributed by atoms with Crippen LogP contribution in [-0.4, -0.2) is 60.7 Å². The Labute approximate surface area is 243 Å². The maximum atomic E-state index is 14.5. The average Bonchev–Trinajstić information content (AvgIpc) is 2.98. The number of benzene rings is 2. The number of fused-ring (bicyclic) bond motifs is 4. The molecular weight excluding hydrogens is 536 g/mol. The number of imide groups is 2. The maximum Gasteiger partial charge on any atom is 0.335 e. The minimum atomic E-state index is -1.57. The molecule has 218 valence electrons. The van der Waals surface area contributed by atoms with Crippen molar-refractivity contribution >= 4 is 23.5 Å². The lowest BCUT2D eigenvalue weighted by Crippen LogP contribution is -2.68. The van der Waals surface area contributed by atoms with E-state index in [4.69, 9.17) is 9.47 Å². The number of ether oxygens (including phenoxy) is 2. The number of rotatable bonds is 8. The number of carbonyl (C=O) groups is 3. The average molecular weight is 571 g/mol. The monoisotopic (exact) mass is 570 g/mol. The van der Waals surface area contributed by atoms with Crippen molar-refractivity contribution < 1.29 is 23.9 Å². The number of methoxy groups -OCH3 is 1. The highest BCUT2D eigenvalue weighted by Crippen LogP contribution is 2.39. The van der Waals surface area contributed by atoms with Gasteiger partial charge in [0.1, 0.15) is 16.9 Å². The van der Waals surface area contributed by atoms with E-state index in [-0.39, 0.29) is 30.4 Å². The molecule has 3 aliphatic heterocycles. The van der Waals surface area contributed by atoms with Crippen LogP contribution in [0, 0.1) is 11.3 Å². The summed E-state index contributed by atoms with van der Waals surface area (Å²) in [6.07, 6.45) is 1.05.